The van der Waals surface area contributed by atoms with Gasteiger partial charge >= 0.3 is 0 Å². The van der Waals surface area contributed by atoms with Crippen molar-refractivity contribution in [2.24, 2.45) is 41.4 Å². The second-order valence-corrected chi connectivity index (χ2v) is 8.53. The van der Waals surface area contributed by atoms with E-state index in [1.54, 1.807) is 0 Å². The molecule has 5 rings (SSSR count). The van der Waals surface area contributed by atoms with E-state index in [0.717, 1.165) is 47.8 Å². The monoisotopic (exact) mass is 311 g/mol. The number of carbonyl (C=O) groups excluding carboxylic acids is 2. The van der Waals surface area contributed by atoms with E-state index in [-0.39, 0.29) is 18.2 Å². The molecule has 4 bridgehead atoms. The van der Waals surface area contributed by atoms with Crippen LogP contribution in [0.2, 0.25) is 0 Å². The van der Waals surface area contributed by atoms with Gasteiger partial charge in [0.15, 0.2) is 0 Å². The molecule has 4 aliphatic carbocycles. The smallest absolute Gasteiger partial charge is 0.256 e. The second kappa shape index (κ2) is 4.81. The summed E-state index contributed by atoms with van der Waals surface area (Å²) < 4.78 is 0. The number of nitrogens with zero attached hydrogens (tertiary/aromatic N) is 1. The van der Waals surface area contributed by atoms with Crippen molar-refractivity contribution >= 4 is 11.8 Å². The van der Waals surface area contributed by atoms with E-state index in [1.807, 2.05) is 0 Å². The Labute approximate surface area is 137 Å². The van der Waals surface area contributed by atoms with E-state index < -0.39 is 0 Å². The minimum atomic E-state index is -0.138. The fourth-order valence-corrected chi connectivity index (χ4v) is 6.88. The minimum absolute atomic E-state index is 0.0498. The zero-order valence-electron chi connectivity index (χ0n) is 13.6. The highest BCUT2D eigenvalue weighted by molar-refractivity contribution is 6.12. The maximum Gasteiger partial charge on any atom is 0.256 e. The lowest BCUT2D eigenvalue weighted by Gasteiger charge is -2.37. The highest BCUT2D eigenvalue weighted by Crippen LogP contribution is 2.67. The van der Waals surface area contributed by atoms with Crippen molar-refractivity contribution in [3.8, 4) is 0 Å². The number of likely N-dealkylation sites (tertiary alicyclic amines) is 1. The Morgan fingerprint density at radius 2 is 1.87 bits per heavy atom. The number of hydrogen-bond donors (Lipinski definition) is 0. The standard InChI is InChI=1S/C20H25NO2/c1-11-7-17(22)21(20(11)23)6-2-3-12-8-15-10-16(12)19-14-5-4-13(9-14)18(15)19/h4-5,12-16,18-19H,1-3,6-10H2. The maximum atomic E-state index is 11.9. The van der Waals surface area contributed by atoms with Gasteiger partial charge in [0.2, 0.25) is 5.91 Å². The summed E-state index contributed by atoms with van der Waals surface area (Å²) in [5.41, 5.74) is 0.464. The van der Waals surface area contributed by atoms with Gasteiger partial charge in [-0.3, -0.25) is 14.5 Å². The van der Waals surface area contributed by atoms with Gasteiger partial charge in [-0.15, -0.1) is 0 Å². The van der Waals surface area contributed by atoms with E-state index in [1.165, 1.54) is 30.6 Å². The topological polar surface area (TPSA) is 37.4 Å². The lowest BCUT2D eigenvalue weighted by atomic mass is 9.68. The summed E-state index contributed by atoms with van der Waals surface area (Å²) >= 11 is 0. The summed E-state index contributed by atoms with van der Waals surface area (Å²) in [6.07, 6.45) is 11.7. The molecule has 7 unspecified atom stereocenters. The Hall–Kier alpha value is -1.38. The second-order valence-electron chi connectivity index (χ2n) is 8.53. The molecule has 23 heavy (non-hydrogen) atoms. The van der Waals surface area contributed by atoms with Gasteiger partial charge in [0, 0.05) is 12.1 Å². The van der Waals surface area contributed by atoms with Crippen LogP contribution in [0.5, 0.6) is 0 Å². The van der Waals surface area contributed by atoms with E-state index in [2.05, 4.69) is 18.7 Å². The third kappa shape index (κ3) is 1.88. The fourth-order valence-electron chi connectivity index (χ4n) is 6.88. The first-order valence-electron chi connectivity index (χ1n) is 9.34. The molecule has 0 radical (unpaired) electrons. The molecule has 4 fully saturated rings. The van der Waals surface area contributed by atoms with Crippen LogP contribution in [0.3, 0.4) is 0 Å². The van der Waals surface area contributed by atoms with Crippen LogP contribution in [0.15, 0.2) is 24.3 Å². The van der Waals surface area contributed by atoms with Crippen LogP contribution in [-0.4, -0.2) is 23.3 Å². The first kappa shape index (κ1) is 14.0. The van der Waals surface area contributed by atoms with Gasteiger partial charge in [0.05, 0.1) is 6.42 Å². The van der Waals surface area contributed by atoms with Crippen molar-refractivity contribution in [2.45, 2.75) is 38.5 Å². The van der Waals surface area contributed by atoms with Crippen LogP contribution in [-0.2, 0) is 9.59 Å². The predicted molar refractivity (Wildman–Crippen MR) is 87.1 cm³/mol. The lowest BCUT2D eigenvalue weighted by molar-refractivity contribution is -0.137. The van der Waals surface area contributed by atoms with Gasteiger partial charge in [0.1, 0.15) is 0 Å². The normalized spacial score (nSPS) is 46.5. The molecular weight excluding hydrogens is 286 g/mol. The number of carbonyl (C=O) groups is 2. The number of allylic oxidation sites excluding steroid dienone is 2. The Morgan fingerprint density at radius 1 is 1.09 bits per heavy atom. The van der Waals surface area contributed by atoms with Crippen molar-refractivity contribution in [3.05, 3.63) is 24.3 Å². The predicted octanol–water partition coefficient (Wildman–Crippen LogP) is 3.18. The lowest BCUT2D eigenvalue weighted by Crippen LogP contribution is -2.33. The first-order valence-corrected chi connectivity index (χ1v) is 9.34. The van der Waals surface area contributed by atoms with Gasteiger partial charge in [-0.25, -0.2) is 0 Å². The Morgan fingerprint density at radius 3 is 2.61 bits per heavy atom. The molecule has 3 saturated carbocycles. The molecule has 7 atom stereocenters. The van der Waals surface area contributed by atoms with Gasteiger partial charge in [-0.1, -0.05) is 18.7 Å². The molecule has 0 aromatic heterocycles. The molecule has 0 aromatic carbocycles. The molecule has 3 heteroatoms. The summed E-state index contributed by atoms with van der Waals surface area (Å²) in [5, 5.41) is 0. The zero-order valence-corrected chi connectivity index (χ0v) is 13.6. The Balaban J connectivity index is 1.19. The summed E-state index contributed by atoms with van der Waals surface area (Å²) in [6, 6.07) is 0. The molecule has 3 nitrogen and oxygen atoms in total. The van der Waals surface area contributed by atoms with Crippen LogP contribution >= 0.6 is 0 Å². The van der Waals surface area contributed by atoms with Crippen LogP contribution in [0.1, 0.15) is 38.5 Å². The molecule has 2 amide bonds. The van der Waals surface area contributed by atoms with Gasteiger partial charge < -0.3 is 0 Å². The van der Waals surface area contributed by atoms with Crippen molar-refractivity contribution in [2.75, 3.05) is 6.54 Å². The van der Waals surface area contributed by atoms with Crippen molar-refractivity contribution in [1.29, 1.82) is 0 Å². The highest BCUT2D eigenvalue weighted by Gasteiger charge is 2.60. The molecule has 122 valence electrons. The molecule has 0 N–H and O–H groups in total. The van der Waals surface area contributed by atoms with Crippen molar-refractivity contribution in [3.63, 3.8) is 0 Å². The van der Waals surface area contributed by atoms with E-state index in [4.69, 9.17) is 0 Å². The minimum Gasteiger partial charge on any atom is -0.279 e. The average Bonchev–Trinajstić information content (AvgIpc) is 3.30. The summed E-state index contributed by atoms with van der Waals surface area (Å²) in [4.78, 5) is 25.2. The van der Waals surface area contributed by atoms with Crippen LogP contribution in [0.25, 0.3) is 0 Å². The number of hydrogen-bond acceptors (Lipinski definition) is 2. The van der Waals surface area contributed by atoms with Crippen molar-refractivity contribution < 1.29 is 9.59 Å². The van der Waals surface area contributed by atoms with E-state index in [0.29, 0.717) is 12.1 Å². The molecular formula is C20H25NO2. The number of fused-ring (bicyclic) bond motifs is 9. The summed E-state index contributed by atoms with van der Waals surface area (Å²) in [6.45, 7) is 4.29. The molecule has 1 aliphatic heterocycles. The summed E-state index contributed by atoms with van der Waals surface area (Å²) in [7, 11) is 0. The third-order valence-electron chi connectivity index (χ3n) is 7.58. The van der Waals surface area contributed by atoms with Crippen LogP contribution in [0, 0.1) is 41.4 Å². The SMILES string of the molecule is C=C1CC(=O)N(CCCC2CC3CC2C2C4C=CC(C4)C32)C1=O. The molecule has 0 spiro atoms. The molecule has 1 saturated heterocycles. The maximum absolute atomic E-state index is 11.9. The van der Waals surface area contributed by atoms with E-state index in [9.17, 15) is 9.59 Å². The van der Waals surface area contributed by atoms with Gasteiger partial charge in [-0.05, 0) is 73.5 Å². The number of imide groups is 1. The molecule has 1 heterocycles. The van der Waals surface area contributed by atoms with Gasteiger partial charge in [0.25, 0.3) is 5.91 Å². The zero-order chi connectivity index (χ0) is 15.7. The summed E-state index contributed by atoms with van der Waals surface area (Å²) in [5.74, 6) is 6.26. The quantitative estimate of drug-likeness (QED) is 0.346. The molecule has 5 aliphatic rings. The average molecular weight is 311 g/mol. The van der Waals surface area contributed by atoms with Crippen molar-refractivity contribution in [1.82, 2.24) is 4.90 Å². The Bertz CT molecular complexity index is 621. The highest BCUT2D eigenvalue weighted by atomic mass is 16.2. The Kier molecular flexibility index (Phi) is 2.93. The van der Waals surface area contributed by atoms with Crippen LogP contribution < -0.4 is 0 Å². The first-order chi connectivity index (χ1) is 11.1. The third-order valence-corrected chi connectivity index (χ3v) is 7.58. The molecule has 0 aromatic rings. The van der Waals surface area contributed by atoms with E-state index >= 15 is 0 Å². The van der Waals surface area contributed by atoms with Gasteiger partial charge in [-0.2, -0.15) is 0 Å². The van der Waals surface area contributed by atoms with Crippen LogP contribution in [0.4, 0.5) is 0 Å². The number of amides is 2. The number of rotatable bonds is 4. The fraction of sp³-hybridized carbons (Fsp3) is 0.700. The largest absolute Gasteiger partial charge is 0.279 e.